The van der Waals surface area contributed by atoms with Gasteiger partial charge in [-0.15, -0.1) is 0 Å². The number of sulfonamides is 1. The first-order valence-electron chi connectivity index (χ1n) is 5.56. The molecule has 0 spiro atoms. The van der Waals surface area contributed by atoms with Crippen molar-refractivity contribution in [3.63, 3.8) is 0 Å². The number of allylic oxidation sites excluding steroid dienone is 1. The molecule has 0 unspecified atom stereocenters. The summed E-state index contributed by atoms with van der Waals surface area (Å²) in [5, 5.41) is 0. The van der Waals surface area contributed by atoms with Crippen LogP contribution in [0.4, 0.5) is 0 Å². The largest absolute Gasteiger partial charge is 0.283 e. The smallest absolute Gasteiger partial charge is 0.262 e. The molecule has 0 amide bonds. The van der Waals surface area contributed by atoms with Crippen molar-refractivity contribution in [2.24, 2.45) is 0 Å². The van der Waals surface area contributed by atoms with Gasteiger partial charge in [-0.05, 0) is 36.6 Å². The Morgan fingerprint density at radius 3 is 2.82 bits per heavy atom. The second-order valence-electron chi connectivity index (χ2n) is 4.06. The zero-order valence-electron chi connectivity index (χ0n) is 9.53. The third-order valence-corrected chi connectivity index (χ3v) is 4.62. The van der Waals surface area contributed by atoms with E-state index in [9.17, 15) is 8.42 Å². The number of halogens is 1. The Labute approximate surface area is 110 Å². The molecule has 1 heterocycles. The van der Waals surface area contributed by atoms with Gasteiger partial charge in [-0.3, -0.25) is 4.72 Å². The Hall–Kier alpha value is -0.810. The summed E-state index contributed by atoms with van der Waals surface area (Å²) in [5.41, 5.74) is 1.54. The zero-order valence-corrected chi connectivity index (χ0v) is 11.9. The summed E-state index contributed by atoms with van der Waals surface area (Å²) in [7, 11) is -3.39. The van der Waals surface area contributed by atoms with Crippen LogP contribution in [0.5, 0.6) is 0 Å². The predicted molar refractivity (Wildman–Crippen MR) is 72.0 cm³/mol. The summed E-state index contributed by atoms with van der Waals surface area (Å²) in [4.78, 5) is 0.340. The van der Waals surface area contributed by atoms with Gasteiger partial charge in [0, 0.05) is 10.2 Å². The Balaban J connectivity index is 2.44. The molecular weight excluding hydrogens is 302 g/mol. The van der Waals surface area contributed by atoms with Gasteiger partial charge in [0.25, 0.3) is 10.0 Å². The van der Waals surface area contributed by atoms with Crippen LogP contribution in [-0.2, 0) is 10.0 Å². The van der Waals surface area contributed by atoms with Crippen molar-refractivity contribution in [2.75, 3.05) is 0 Å². The normalized spacial score (nSPS) is 16.9. The average Bonchev–Trinajstić information content (AvgIpc) is 2.27. The summed E-state index contributed by atoms with van der Waals surface area (Å²) in [6, 6.07) is 5.31. The molecule has 1 N–H and O–H groups in total. The molecule has 0 saturated carbocycles. The molecule has 0 aliphatic carbocycles. The number of hydrogen-bond donors (Lipinski definition) is 1. The van der Waals surface area contributed by atoms with E-state index in [2.05, 4.69) is 27.6 Å². The van der Waals surface area contributed by atoms with Crippen LogP contribution in [0.3, 0.4) is 0 Å². The SMILES string of the molecule is CCCCC1=Cc2ccc(Br)cc2S(=O)(=O)N1. The second-order valence-corrected chi connectivity index (χ2v) is 6.63. The quantitative estimate of drug-likeness (QED) is 0.930. The maximum atomic E-state index is 12.0. The molecule has 5 heteroatoms. The topological polar surface area (TPSA) is 46.2 Å². The van der Waals surface area contributed by atoms with E-state index in [0.717, 1.165) is 35.0 Å². The number of fused-ring (bicyclic) bond motifs is 1. The highest BCUT2D eigenvalue weighted by Crippen LogP contribution is 2.28. The lowest BCUT2D eigenvalue weighted by Gasteiger charge is -2.19. The fourth-order valence-electron chi connectivity index (χ4n) is 1.80. The maximum absolute atomic E-state index is 12.0. The predicted octanol–water partition coefficient (Wildman–Crippen LogP) is 3.27. The Bertz CT molecular complexity index is 564. The number of nitrogens with one attached hydrogen (secondary N) is 1. The van der Waals surface area contributed by atoms with Crippen molar-refractivity contribution >= 4 is 32.0 Å². The monoisotopic (exact) mass is 315 g/mol. The third kappa shape index (κ3) is 2.72. The summed E-state index contributed by atoms with van der Waals surface area (Å²) < 4.78 is 27.4. The number of benzene rings is 1. The molecule has 92 valence electrons. The van der Waals surface area contributed by atoms with Gasteiger partial charge < -0.3 is 0 Å². The van der Waals surface area contributed by atoms with Crippen LogP contribution < -0.4 is 4.72 Å². The van der Waals surface area contributed by atoms with E-state index in [4.69, 9.17) is 0 Å². The Morgan fingerprint density at radius 1 is 1.35 bits per heavy atom. The molecule has 17 heavy (non-hydrogen) atoms. The summed E-state index contributed by atoms with van der Waals surface area (Å²) in [6.07, 6.45) is 4.72. The van der Waals surface area contributed by atoms with E-state index in [1.165, 1.54) is 0 Å². The van der Waals surface area contributed by atoms with Gasteiger partial charge in [0.1, 0.15) is 0 Å². The summed E-state index contributed by atoms with van der Waals surface area (Å²) in [5.74, 6) is 0. The lowest BCUT2D eigenvalue weighted by molar-refractivity contribution is 0.584. The van der Waals surface area contributed by atoms with Crippen LogP contribution in [0.1, 0.15) is 31.7 Å². The molecular formula is C12H14BrNO2S. The van der Waals surface area contributed by atoms with E-state index < -0.39 is 10.0 Å². The highest BCUT2D eigenvalue weighted by Gasteiger charge is 2.23. The average molecular weight is 316 g/mol. The molecule has 1 aliphatic heterocycles. The van der Waals surface area contributed by atoms with Crippen molar-refractivity contribution in [2.45, 2.75) is 31.1 Å². The van der Waals surface area contributed by atoms with Crippen LogP contribution in [0, 0.1) is 0 Å². The van der Waals surface area contributed by atoms with E-state index in [0.29, 0.717) is 4.90 Å². The number of rotatable bonds is 3. The van der Waals surface area contributed by atoms with Gasteiger partial charge in [0.05, 0.1) is 4.90 Å². The zero-order chi connectivity index (χ0) is 12.5. The first kappa shape index (κ1) is 12.6. The van der Waals surface area contributed by atoms with Gasteiger partial charge in [-0.1, -0.05) is 35.3 Å². The van der Waals surface area contributed by atoms with Gasteiger partial charge in [-0.25, -0.2) is 8.42 Å². The van der Waals surface area contributed by atoms with Crippen LogP contribution in [-0.4, -0.2) is 8.42 Å². The Kier molecular flexibility index (Phi) is 3.58. The lowest BCUT2D eigenvalue weighted by atomic mass is 10.1. The first-order valence-corrected chi connectivity index (χ1v) is 7.83. The minimum absolute atomic E-state index is 0.340. The molecule has 1 aliphatic rings. The standard InChI is InChI=1S/C12H14BrNO2S/c1-2-3-4-11-7-9-5-6-10(13)8-12(9)17(15,16)14-11/h5-8,14H,2-4H2,1H3. The molecule has 0 atom stereocenters. The minimum Gasteiger partial charge on any atom is -0.283 e. The maximum Gasteiger partial charge on any atom is 0.262 e. The van der Waals surface area contributed by atoms with Gasteiger partial charge >= 0.3 is 0 Å². The van der Waals surface area contributed by atoms with Crippen molar-refractivity contribution < 1.29 is 8.42 Å². The van der Waals surface area contributed by atoms with Crippen LogP contribution in [0.2, 0.25) is 0 Å². The van der Waals surface area contributed by atoms with E-state index in [1.807, 2.05) is 18.2 Å². The second kappa shape index (κ2) is 4.82. The fourth-order valence-corrected chi connectivity index (χ4v) is 3.64. The number of unbranched alkanes of at least 4 members (excludes halogenated alkanes) is 1. The first-order chi connectivity index (χ1) is 8.03. The van der Waals surface area contributed by atoms with E-state index in [1.54, 1.807) is 6.07 Å². The molecule has 0 bridgehead atoms. The van der Waals surface area contributed by atoms with Crippen molar-refractivity contribution in [1.82, 2.24) is 4.72 Å². The van der Waals surface area contributed by atoms with Gasteiger partial charge in [0.2, 0.25) is 0 Å². The van der Waals surface area contributed by atoms with E-state index >= 15 is 0 Å². The fraction of sp³-hybridized carbons (Fsp3) is 0.333. The lowest BCUT2D eigenvalue weighted by Crippen LogP contribution is -2.27. The molecule has 3 nitrogen and oxygen atoms in total. The van der Waals surface area contributed by atoms with Crippen molar-refractivity contribution in [3.05, 3.63) is 33.9 Å². The van der Waals surface area contributed by atoms with Gasteiger partial charge in [0.15, 0.2) is 0 Å². The van der Waals surface area contributed by atoms with Crippen LogP contribution in [0.25, 0.3) is 6.08 Å². The van der Waals surface area contributed by atoms with Crippen LogP contribution >= 0.6 is 15.9 Å². The molecule has 1 aromatic rings. The molecule has 2 rings (SSSR count). The van der Waals surface area contributed by atoms with Crippen molar-refractivity contribution in [1.29, 1.82) is 0 Å². The molecule has 1 aromatic carbocycles. The molecule has 0 aromatic heterocycles. The summed E-state index contributed by atoms with van der Waals surface area (Å²) in [6.45, 7) is 2.09. The Morgan fingerprint density at radius 2 is 2.12 bits per heavy atom. The minimum atomic E-state index is -3.39. The van der Waals surface area contributed by atoms with Crippen LogP contribution in [0.15, 0.2) is 33.3 Å². The molecule has 0 saturated heterocycles. The number of hydrogen-bond acceptors (Lipinski definition) is 2. The van der Waals surface area contributed by atoms with Crippen molar-refractivity contribution in [3.8, 4) is 0 Å². The van der Waals surface area contributed by atoms with Gasteiger partial charge in [-0.2, -0.15) is 0 Å². The third-order valence-electron chi connectivity index (χ3n) is 2.66. The molecule has 0 radical (unpaired) electrons. The summed E-state index contributed by atoms with van der Waals surface area (Å²) >= 11 is 3.29. The highest BCUT2D eigenvalue weighted by atomic mass is 79.9. The highest BCUT2D eigenvalue weighted by molar-refractivity contribution is 9.10. The molecule has 0 fully saturated rings. The van der Waals surface area contributed by atoms with E-state index in [-0.39, 0.29) is 0 Å².